The Balaban J connectivity index is 1.76. The van der Waals surface area contributed by atoms with Crippen LogP contribution in [0.15, 0.2) is 36.0 Å². The van der Waals surface area contributed by atoms with Gasteiger partial charge in [0.05, 0.1) is 18.8 Å². The first kappa shape index (κ1) is 19.4. The zero-order valence-corrected chi connectivity index (χ0v) is 14.4. The predicted octanol–water partition coefficient (Wildman–Crippen LogP) is 0.330. The van der Waals surface area contributed by atoms with Crippen molar-refractivity contribution >= 4 is 11.9 Å². The molecule has 1 amide bonds. The van der Waals surface area contributed by atoms with Crippen molar-refractivity contribution in [2.24, 2.45) is 0 Å². The molecule has 0 radical (unpaired) electrons. The van der Waals surface area contributed by atoms with Crippen LogP contribution >= 0.6 is 0 Å². The number of carbonyl (C=O) groups is 2. The number of amides is 1. The van der Waals surface area contributed by atoms with E-state index in [1.165, 1.54) is 18.3 Å². The van der Waals surface area contributed by atoms with E-state index in [2.05, 4.69) is 15.5 Å². The minimum atomic E-state index is -0.982. The zero-order chi connectivity index (χ0) is 18.8. The fourth-order valence-electron chi connectivity index (χ4n) is 2.43. The highest BCUT2D eigenvalue weighted by Crippen LogP contribution is 2.04. The summed E-state index contributed by atoms with van der Waals surface area (Å²) in [7, 11) is 0. The van der Waals surface area contributed by atoms with E-state index < -0.39 is 11.9 Å². The van der Waals surface area contributed by atoms with Gasteiger partial charge in [0.2, 0.25) is 0 Å². The third-order valence-corrected chi connectivity index (χ3v) is 3.94. The van der Waals surface area contributed by atoms with Gasteiger partial charge >= 0.3 is 5.97 Å². The number of benzene rings is 1. The summed E-state index contributed by atoms with van der Waals surface area (Å²) >= 11 is 0. The largest absolute Gasteiger partial charge is 0.478 e. The second kappa shape index (κ2) is 10.2. The molecule has 138 valence electrons. The average Bonchev–Trinajstić information content (AvgIpc) is 2.66. The third-order valence-electron chi connectivity index (χ3n) is 3.94. The number of carboxylic acids is 1. The smallest absolute Gasteiger partial charge is 0.335 e. The van der Waals surface area contributed by atoms with Gasteiger partial charge in [-0.15, -0.1) is 0 Å². The number of nitrogens with one attached hydrogen (secondary N) is 2. The van der Waals surface area contributed by atoms with Crippen LogP contribution in [0.5, 0.6) is 0 Å². The molecule has 2 rings (SSSR count). The van der Waals surface area contributed by atoms with Gasteiger partial charge in [0.15, 0.2) is 0 Å². The Bertz CT molecular complexity index is 688. The second-order valence-corrected chi connectivity index (χ2v) is 5.76. The number of aromatic carboxylic acids is 1. The van der Waals surface area contributed by atoms with E-state index in [0.717, 1.165) is 25.2 Å². The third kappa shape index (κ3) is 6.20. The molecule has 1 saturated heterocycles. The van der Waals surface area contributed by atoms with Crippen LogP contribution in [0.2, 0.25) is 0 Å². The van der Waals surface area contributed by atoms with E-state index in [-0.39, 0.29) is 11.1 Å². The number of hydrogen-bond acceptors (Lipinski definition) is 6. The van der Waals surface area contributed by atoms with Crippen molar-refractivity contribution < 1.29 is 19.4 Å². The number of nitrogens with zero attached hydrogens (tertiary/aromatic N) is 2. The zero-order valence-electron chi connectivity index (χ0n) is 14.4. The molecule has 8 nitrogen and oxygen atoms in total. The molecular formula is C18H22N4O4. The van der Waals surface area contributed by atoms with Gasteiger partial charge in [-0.05, 0) is 17.7 Å². The summed E-state index contributed by atoms with van der Waals surface area (Å²) in [4.78, 5) is 25.0. The monoisotopic (exact) mass is 358 g/mol. The van der Waals surface area contributed by atoms with Gasteiger partial charge in [0.1, 0.15) is 11.6 Å². The van der Waals surface area contributed by atoms with Gasteiger partial charge in [0, 0.05) is 38.9 Å². The summed E-state index contributed by atoms with van der Waals surface area (Å²) in [6.07, 6.45) is 1.37. The molecule has 0 spiro atoms. The van der Waals surface area contributed by atoms with Crippen LogP contribution < -0.4 is 10.6 Å². The Morgan fingerprint density at radius 3 is 2.58 bits per heavy atom. The quantitative estimate of drug-likeness (QED) is 0.453. The molecule has 0 saturated carbocycles. The number of nitriles is 1. The van der Waals surface area contributed by atoms with Gasteiger partial charge in [-0.2, -0.15) is 5.26 Å². The molecule has 1 aliphatic heterocycles. The Morgan fingerprint density at radius 2 is 1.96 bits per heavy atom. The lowest BCUT2D eigenvalue weighted by Crippen LogP contribution is -2.41. The van der Waals surface area contributed by atoms with E-state index in [0.29, 0.717) is 26.3 Å². The van der Waals surface area contributed by atoms with Crippen LogP contribution in [0, 0.1) is 11.3 Å². The molecule has 1 aliphatic rings. The molecule has 1 fully saturated rings. The van der Waals surface area contributed by atoms with Crippen LogP contribution in [-0.4, -0.2) is 61.3 Å². The van der Waals surface area contributed by atoms with Crippen molar-refractivity contribution in [2.45, 2.75) is 6.54 Å². The van der Waals surface area contributed by atoms with E-state index in [1.54, 1.807) is 12.1 Å². The summed E-state index contributed by atoms with van der Waals surface area (Å²) in [6.45, 7) is 4.67. The van der Waals surface area contributed by atoms with E-state index >= 15 is 0 Å². The molecule has 26 heavy (non-hydrogen) atoms. The molecule has 0 aliphatic carbocycles. The van der Waals surface area contributed by atoms with Crippen LogP contribution in [0.3, 0.4) is 0 Å². The second-order valence-electron chi connectivity index (χ2n) is 5.76. The standard InChI is InChI=1S/C18H22N4O4/c19-11-16(17(23)21-5-6-22-7-9-26-10-8-22)13-20-12-14-1-3-15(4-2-14)18(24)25/h1-4,13,20H,5-10,12H2,(H,21,23)(H,24,25)/b16-13-. The molecule has 0 unspecified atom stereocenters. The highest BCUT2D eigenvalue weighted by molar-refractivity contribution is 5.97. The SMILES string of the molecule is N#C/C(=C/NCc1ccc(C(=O)O)cc1)C(=O)NCCN1CCOCC1. The van der Waals surface area contributed by atoms with Gasteiger partial charge < -0.3 is 20.5 Å². The molecule has 1 aromatic carbocycles. The van der Waals surface area contributed by atoms with E-state index in [1.807, 2.05) is 6.07 Å². The highest BCUT2D eigenvalue weighted by Gasteiger charge is 2.12. The summed E-state index contributed by atoms with van der Waals surface area (Å²) in [5.74, 6) is -1.40. The fourth-order valence-corrected chi connectivity index (χ4v) is 2.43. The van der Waals surface area contributed by atoms with Crippen molar-refractivity contribution in [2.75, 3.05) is 39.4 Å². The first-order chi connectivity index (χ1) is 12.6. The van der Waals surface area contributed by atoms with Gasteiger partial charge in [-0.3, -0.25) is 9.69 Å². The van der Waals surface area contributed by atoms with Crippen LogP contribution in [0.4, 0.5) is 0 Å². The van der Waals surface area contributed by atoms with Crippen LogP contribution in [-0.2, 0) is 16.1 Å². The molecule has 3 N–H and O–H groups in total. The van der Waals surface area contributed by atoms with Crippen molar-refractivity contribution in [1.29, 1.82) is 5.26 Å². The van der Waals surface area contributed by atoms with Crippen LogP contribution in [0.25, 0.3) is 0 Å². The van der Waals surface area contributed by atoms with Crippen molar-refractivity contribution in [3.05, 3.63) is 47.2 Å². The number of morpholine rings is 1. The first-order valence-electron chi connectivity index (χ1n) is 8.34. The lowest BCUT2D eigenvalue weighted by atomic mass is 10.1. The Kier molecular flexibility index (Phi) is 7.61. The van der Waals surface area contributed by atoms with Crippen molar-refractivity contribution in [3.63, 3.8) is 0 Å². The maximum atomic E-state index is 12.0. The summed E-state index contributed by atoms with van der Waals surface area (Å²) in [6, 6.07) is 8.25. The first-order valence-corrected chi connectivity index (χ1v) is 8.34. The summed E-state index contributed by atoms with van der Waals surface area (Å²) < 4.78 is 5.26. The number of carboxylic acid groups (broad SMARTS) is 1. The molecule has 1 heterocycles. The molecular weight excluding hydrogens is 336 g/mol. The average molecular weight is 358 g/mol. The molecule has 0 bridgehead atoms. The Hall–Kier alpha value is -2.89. The predicted molar refractivity (Wildman–Crippen MR) is 94.2 cm³/mol. The fraction of sp³-hybridized carbons (Fsp3) is 0.389. The van der Waals surface area contributed by atoms with Gasteiger partial charge in [-0.1, -0.05) is 12.1 Å². The normalized spacial score (nSPS) is 15.1. The molecule has 1 aromatic rings. The molecule has 8 heteroatoms. The lowest BCUT2D eigenvalue weighted by molar-refractivity contribution is -0.117. The number of rotatable bonds is 8. The summed E-state index contributed by atoms with van der Waals surface area (Å²) in [5.41, 5.74) is 1.05. The number of hydrogen-bond donors (Lipinski definition) is 3. The maximum absolute atomic E-state index is 12.0. The van der Waals surface area contributed by atoms with Crippen molar-refractivity contribution in [1.82, 2.24) is 15.5 Å². The lowest BCUT2D eigenvalue weighted by Gasteiger charge is -2.26. The van der Waals surface area contributed by atoms with Gasteiger partial charge in [-0.25, -0.2) is 4.79 Å². The Morgan fingerprint density at radius 1 is 1.27 bits per heavy atom. The highest BCUT2D eigenvalue weighted by atomic mass is 16.5. The number of carbonyl (C=O) groups excluding carboxylic acids is 1. The van der Waals surface area contributed by atoms with Crippen molar-refractivity contribution in [3.8, 4) is 6.07 Å². The topological polar surface area (TPSA) is 115 Å². The van der Waals surface area contributed by atoms with Crippen LogP contribution in [0.1, 0.15) is 15.9 Å². The minimum absolute atomic E-state index is 0.00543. The molecule has 0 atom stereocenters. The number of ether oxygens (including phenoxy) is 1. The van der Waals surface area contributed by atoms with E-state index in [4.69, 9.17) is 15.1 Å². The maximum Gasteiger partial charge on any atom is 0.335 e. The molecule has 0 aromatic heterocycles. The van der Waals surface area contributed by atoms with Gasteiger partial charge in [0.25, 0.3) is 5.91 Å². The van der Waals surface area contributed by atoms with E-state index in [9.17, 15) is 9.59 Å². The summed E-state index contributed by atoms with van der Waals surface area (Å²) in [5, 5.41) is 23.6. The Labute approximate surface area is 152 Å². The minimum Gasteiger partial charge on any atom is -0.478 e.